The van der Waals surface area contributed by atoms with E-state index in [2.05, 4.69) is 5.32 Å². The maximum atomic E-state index is 13.3. The fourth-order valence-electron chi connectivity index (χ4n) is 1.51. The highest BCUT2D eigenvalue weighted by Gasteiger charge is 2.12. The van der Waals surface area contributed by atoms with E-state index in [0.29, 0.717) is 12.2 Å². The minimum atomic E-state index is -0.790. The molecule has 0 saturated heterocycles. The monoisotopic (exact) mass is 251 g/mol. The van der Waals surface area contributed by atoms with E-state index in [4.69, 9.17) is 4.42 Å². The molecule has 5 heteroatoms. The summed E-state index contributed by atoms with van der Waals surface area (Å²) in [5.41, 5.74) is -0.415. The molecule has 0 aliphatic heterocycles. The Morgan fingerprint density at radius 1 is 1.17 bits per heavy atom. The standard InChI is InChI=1S/C13H11F2NO2/c14-10-4-1-5-11(15)13(10)16-12(17)7-6-9-3-2-8-18-9/h1-5,8H,6-7H2,(H,16,17). The van der Waals surface area contributed by atoms with Crippen LogP contribution in [0.4, 0.5) is 14.5 Å². The number of amides is 1. The van der Waals surface area contributed by atoms with Crippen LogP contribution in [0.3, 0.4) is 0 Å². The van der Waals surface area contributed by atoms with Crippen LogP contribution in [0.25, 0.3) is 0 Å². The summed E-state index contributed by atoms with van der Waals surface area (Å²) >= 11 is 0. The molecule has 0 fully saturated rings. The minimum absolute atomic E-state index is 0.0985. The van der Waals surface area contributed by atoms with Crippen molar-refractivity contribution in [2.75, 3.05) is 5.32 Å². The fraction of sp³-hybridized carbons (Fsp3) is 0.154. The first-order chi connectivity index (χ1) is 8.66. The van der Waals surface area contributed by atoms with Crippen molar-refractivity contribution in [3.05, 3.63) is 54.0 Å². The van der Waals surface area contributed by atoms with Crippen LogP contribution in [0.2, 0.25) is 0 Å². The van der Waals surface area contributed by atoms with Crippen molar-refractivity contribution in [1.29, 1.82) is 0 Å². The summed E-state index contributed by atoms with van der Waals surface area (Å²) in [5, 5.41) is 2.21. The minimum Gasteiger partial charge on any atom is -0.469 e. The average molecular weight is 251 g/mol. The molecule has 0 radical (unpaired) electrons. The van der Waals surface area contributed by atoms with Crippen LogP contribution in [0.1, 0.15) is 12.2 Å². The molecule has 2 aromatic rings. The first-order valence-electron chi connectivity index (χ1n) is 5.43. The molecule has 1 N–H and O–H groups in total. The van der Waals surface area contributed by atoms with Crippen molar-refractivity contribution < 1.29 is 18.0 Å². The van der Waals surface area contributed by atoms with Gasteiger partial charge in [-0.2, -0.15) is 0 Å². The maximum Gasteiger partial charge on any atom is 0.224 e. The Labute approximate surface area is 102 Å². The predicted octanol–water partition coefficient (Wildman–Crippen LogP) is 3.13. The maximum absolute atomic E-state index is 13.3. The Kier molecular flexibility index (Phi) is 3.72. The lowest BCUT2D eigenvalue weighted by Crippen LogP contribution is -2.14. The van der Waals surface area contributed by atoms with Crippen LogP contribution < -0.4 is 5.32 Å². The van der Waals surface area contributed by atoms with Crippen LogP contribution >= 0.6 is 0 Å². The van der Waals surface area contributed by atoms with Gasteiger partial charge in [0.25, 0.3) is 0 Å². The largest absolute Gasteiger partial charge is 0.469 e. The third-order valence-electron chi connectivity index (χ3n) is 2.41. The molecule has 1 aromatic carbocycles. The van der Waals surface area contributed by atoms with E-state index in [-0.39, 0.29) is 6.42 Å². The Bertz CT molecular complexity index is 518. The molecule has 0 aliphatic carbocycles. The zero-order chi connectivity index (χ0) is 13.0. The third-order valence-corrected chi connectivity index (χ3v) is 2.41. The molecule has 1 amide bonds. The van der Waals surface area contributed by atoms with E-state index in [9.17, 15) is 13.6 Å². The summed E-state index contributed by atoms with van der Waals surface area (Å²) in [4.78, 5) is 11.5. The number of furan rings is 1. The molecule has 0 saturated carbocycles. The summed E-state index contributed by atoms with van der Waals surface area (Å²) in [6, 6.07) is 6.86. The van der Waals surface area contributed by atoms with E-state index in [1.54, 1.807) is 12.1 Å². The summed E-state index contributed by atoms with van der Waals surface area (Å²) in [7, 11) is 0. The quantitative estimate of drug-likeness (QED) is 0.907. The topological polar surface area (TPSA) is 42.2 Å². The molecule has 0 spiro atoms. The van der Waals surface area contributed by atoms with Crippen molar-refractivity contribution >= 4 is 11.6 Å². The lowest BCUT2D eigenvalue weighted by molar-refractivity contribution is -0.116. The van der Waals surface area contributed by atoms with Gasteiger partial charge in [0.05, 0.1) is 6.26 Å². The highest BCUT2D eigenvalue weighted by molar-refractivity contribution is 5.91. The van der Waals surface area contributed by atoms with Gasteiger partial charge in [0.2, 0.25) is 5.91 Å². The molecule has 0 atom stereocenters. The van der Waals surface area contributed by atoms with Gasteiger partial charge in [-0.15, -0.1) is 0 Å². The van der Waals surface area contributed by atoms with Gasteiger partial charge in [-0.1, -0.05) is 6.07 Å². The van der Waals surface area contributed by atoms with Crippen LogP contribution in [0, 0.1) is 11.6 Å². The molecular weight excluding hydrogens is 240 g/mol. The zero-order valence-electron chi connectivity index (χ0n) is 9.45. The first-order valence-corrected chi connectivity index (χ1v) is 5.43. The molecule has 0 unspecified atom stereocenters. The van der Waals surface area contributed by atoms with E-state index in [1.165, 1.54) is 12.3 Å². The number of anilines is 1. The number of carbonyl (C=O) groups is 1. The van der Waals surface area contributed by atoms with Gasteiger partial charge in [0.1, 0.15) is 23.1 Å². The Morgan fingerprint density at radius 2 is 1.89 bits per heavy atom. The summed E-state index contributed by atoms with van der Waals surface area (Å²) in [5.74, 6) is -1.39. The molecule has 0 bridgehead atoms. The van der Waals surface area contributed by atoms with Gasteiger partial charge >= 0.3 is 0 Å². The van der Waals surface area contributed by atoms with Crippen LogP contribution in [-0.4, -0.2) is 5.91 Å². The molecule has 1 aromatic heterocycles. The number of rotatable bonds is 4. The molecular formula is C13H11F2NO2. The number of hydrogen-bond donors (Lipinski definition) is 1. The second-order valence-corrected chi connectivity index (χ2v) is 3.72. The van der Waals surface area contributed by atoms with Gasteiger partial charge in [-0.3, -0.25) is 4.79 Å². The molecule has 0 aliphatic rings. The summed E-state index contributed by atoms with van der Waals surface area (Å²) < 4.78 is 31.6. The van der Waals surface area contributed by atoms with Gasteiger partial charge in [-0.25, -0.2) is 8.78 Å². The molecule has 3 nitrogen and oxygen atoms in total. The first kappa shape index (κ1) is 12.3. The van der Waals surface area contributed by atoms with Gasteiger partial charge < -0.3 is 9.73 Å². The smallest absolute Gasteiger partial charge is 0.224 e. The van der Waals surface area contributed by atoms with Gasteiger partial charge in [0.15, 0.2) is 0 Å². The SMILES string of the molecule is O=C(CCc1ccco1)Nc1c(F)cccc1F. The van der Waals surface area contributed by atoms with Crippen LogP contribution in [0.15, 0.2) is 41.0 Å². The van der Waals surface area contributed by atoms with Gasteiger partial charge in [-0.05, 0) is 24.3 Å². The number of nitrogens with one attached hydrogen (secondary N) is 1. The molecule has 1 heterocycles. The normalized spacial score (nSPS) is 10.3. The van der Waals surface area contributed by atoms with Crippen LogP contribution in [0.5, 0.6) is 0 Å². The fourth-order valence-corrected chi connectivity index (χ4v) is 1.51. The third kappa shape index (κ3) is 2.94. The van der Waals surface area contributed by atoms with Crippen molar-refractivity contribution in [1.82, 2.24) is 0 Å². The lowest BCUT2D eigenvalue weighted by atomic mass is 10.2. The average Bonchev–Trinajstić information content (AvgIpc) is 2.84. The molecule has 94 valence electrons. The summed E-state index contributed by atoms with van der Waals surface area (Å²) in [6.07, 6.45) is 1.99. The number of para-hydroxylation sites is 1. The zero-order valence-corrected chi connectivity index (χ0v) is 9.45. The van der Waals surface area contributed by atoms with E-state index < -0.39 is 23.2 Å². The highest BCUT2D eigenvalue weighted by Crippen LogP contribution is 2.18. The number of carbonyl (C=O) groups excluding carboxylic acids is 1. The second-order valence-electron chi connectivity index (χ2n) is 3.72. The number of hydrogen-bond acceptors (Lipinski definition) is 2. The number of halogens is 2. The Balaban J connectivity index is 1.95. The number of aryl methyl sites for hydroxylation is 1. The van der Waals surface area contributed by atoms with Crippen molar-refractivity contribution in [2.24, 2.45) is 0 Å². The Morgan fingerprint density at radius 3 is 2.50 bits per heavy atom. The summed E-state index contributed by atoms with van der Waals surface area (Å²) in [6.45, 7) is 0. The van der Waals surface area contributed by atoms with E-state index in [0.717, 1.165) is 12.1 Å². The van der Waals surface area contributed by atoms with Crippen LogP contribution in [-0.2, 0) is 11.2 Å². The predicted molar refractivity (Wildman–Crippen MR) is 62.0 cm³/mol. The Hall–Kier alpha value is -2.17. The molecule has 18 heavy (non-hydrogen) atoms. The second kappa shape index (κ2) is 5.44. The van der Waals surface area contributed by atoms with E-state index in [1.807, 2.05) is 0 Å². The lowest BCUT2D eigenvalue weighted by Gasteiger charge is -2.06. The van der Waals surface area contributed by atoms with Crippen molar-refractivity contribution in [3.8, 4) is 0 Å². The highest BCUT2D eigenvalue weighted by atomic mass is 19.1. The van der Waals surface area contributed by atoms with Crippen molar-refractivity contribution in [2.45, 2.75) is 12.8 Å². The van der Waals surface area contributed by atoms with Gasteiger partial charge in [0, 0.05) is 12.8 Å². The van der Waals surface area contributed by atoms with E-state index >= 15 is 0 Å². The van der Waals surface area contributed by atoms with Crippen molar-refractivity contribution in [3.63, 3.8) is 0 Å². The number of benzene rings is 1. The molecule has 2 rings (SSSR count).